The Morgan fingerprint density at radius 2 is 1.79 bits per heavy atom. The summed E-state index contributed by atoms with van der Waals surface area (Å²) in [7, 11) is 0. The summed E-state index contributed by atoms with van der Waals surface area (Å²) in [5, 5.41) is 14.1. The van der Waals surface area contributed by atoms with E-state index in [1.54, 1.807) is 6.92 Å². The zero-order chi connectivity index (χ0) is 14.0. The molecule has 3 atom stereocenters. The van der Waals surface area contributed by atoms with Gasteiger partial charge in [-0.2, -0.15) is 0 Å². The van der Waals surface area contributed by atoms with E-state index in [1.807, 2.05) is 0 Å². The van der Waals surface area contributed by atoms with E-state index < -0.39 is 30.1 Å². The van der Waals surface area contributed by atoms with Gasteiger partial charge in [0.2, 0.25) is 11.8 Å². The first kappa shape index (κ1) is 13.8. The second kappa shape index (κ2) is 5.56. The Morgan fingerprint density at radius 3 is 2.32 bits per heavy atom. The molecule has 3 N–H and O–H groups in total. The average Bonchev–Trinajstić information content (AvgIpc) is 3.01. The molecule has 2 fully saturated rings. The van der Waals surface area contributed by atoms with Crippen LogP contribution >= 0.6 is 0 Å². The minimum atomic E-state index is -1.06. The van der Waals surface area contributed by atoms with Gasteiger partial charge in [-0.3, -0.25) is 9.59 Å². The van der Waals surface area contributed by atoms with E-state index in [9.17, 15) is 14.4 Å². The smallest absolute Gasteiger partial charge is 0.332 e. The van der Waals surface area contributed by atoms with Crippen LogP contribution in [0.3, 0.4) is 0 Å². The van der Waals surface area contributed by atoms with Crippen molar-refractivity contribution in [3.8, 4) is 0 Å². The quantitative estimate of drug-likeness (QED) is 0.619. The van der Waals surface area contributed by atoms with Crippen molar-refractivity contribution in [1.29, 1.82) is 0 Å². The normalized spacial score (nSPS) is 27.6. The largest absolute Gasteiger partial charge is 0.479 e. The van der Waals surface area contributed by atoms with Crippen molar-refractivity contribution in [3.63, 3.8) is 0 Å². The van der Waals surface area contributed by atoms with Gasteiger partial charge >= 0.3 is 5.97 Å². The molecule has 1 saturated heterocycles. The molecule has 2 aliphatic rings. The van der Waals surface area contributed by atoms with E-state index in [-0.39, 0.29) is 11.9 Å². The van der Waals surface area contributed by atoms with Crippen LogP contribution in [-0.4, -0.2) is 47.2 Å². The number of amides is 2. The molecule has 0 spiro atoms. The standard InChI is InChI=1S/C12H18N2O5/c1-6(10(15)14-7-2-3-7)13-11(16)8-4-5-9(19-8)12(17)18/h6-9H,2-5H2,1H3,(H,13,16)(H,14,15)(H,17,18). The number of carbonyl (C=O) groups is 3. The van der Waals surface area contributed by atoms with Crippen molar-refractivity contribution in [2.24, 2.45) is 0 Å². The Morgan fingerprint density at radius 1 is 1.16 bits per heavy atom. The number of carboxylic acid groups (broad SMARTS) is 1. The van der Waals surface area contributed by atoms with Crippen LogP contribution in [-0.2, 0) is 19.1 Å². The van der Waals surface area contributed by atoms with E-state index in [1.165, 1.54) is 0 Å². The lowest BCUT2D eigenvalue weighted by Gasteiger charge is -2.17. The number of ether oxygens (including phenoxy) is 1. The van der Waals surface area contributed by atoms with Crippen LogP contribution in [0.5, 0.6) is 0 Å². The fraction of sp³-hybridized carbons (Fsp3) is 0.750. The highest BCUT2D eigenvalue weighted by Crippen LogP contribution is 2.20. The topological polar surface area (TPSA) is 105 Å². The molecule has 1 aliphatic heterocycles. The summed E-state index contributed by atoms with van der Waals surface area (Å²) in [5.74, 6) is -1.71. The Labute approximate surface area is 110 Å². The summed E-state index contributed by atoms with van der Waals surface area (Å²) in [5.41, 5.74) is 0. The first-order valence-electron chi connectivity index (χ1n) is 6.46. The van der Waals surface area contributed by atoms with Gasteiger partial charge in [0.15, 0.2) is 6.10 Å². The van der Waals surface area contributed by atoms with Crippen molar-refractivity contribution in [2.75, 3.05) is 0 Å². The van der Waals surface area contributed by atoms with Crippen molar-refractivity contribution in [1.82, 2.24) is 10.6 Å². The van der Waals surface area contributed by atoms with Crippen LogP contribution in [0.1, 0.15) is 32.6 Å². The predicted molar refractivity (Wildman–Crippen MR) is 64.3 cm³/mol. The van der Waals surface area contributed by atoms with Crippen LogP contribution < -0.4 is 10.6 Å². The van der Waals surface area contributed by atoms with Gasteiger partial charge in [-0.25, -0.2) is 4.79 Å². The van der Waals surface area contributed by atoms with E-state index in [0.29, 0.717) is 12.8 Å². The third-order valence-electron chi connectivity index (χ3n) is 3.26. The molecule has 7 nitrogen and oxygen atoms in total. The predicted octanol–water partition coefficient (Wildman–Crippen LogP) is -0.598. The summed E-state index contributed by atoms with van der Waals surface area (Å²) in [4.78, 5) is 34.2. The molecule has 2 amide bonds. The monoisotopic (exact) mass is 270 g/mol. The second-order valence-electron chi connectivity index (χ2n) is 5.04. The summed E-state index contributed by atoms with van der Waals surface area (Å²) >= 11 is 0. The lowest BCUT2D eigenvalue weighted by atomic mass is 10.2. The minimum absolute atomic E-state index is 0.219. The first-order chi connectivity index (χ1) is 8.97. The van der Waals surface area contributed by atoms with Gasteiger partial charge in [0.1, 0.15) is 12.1 Å². The fourth-order valence-electron chi connectivity index (χ4n) is 1.94. The second-order valence-corrected chi connectivity index (χ2v) is 5.04. The maximum atomic E-state index is 11.8. The van der Waals surface area contributed by atoms with Gasteiger partial charge < -0.3 is 20.5 Å². The number of hydrogen-bond donors (Lipinski definition) is 3. The Bertz CT molecular complexity index is 394. The summed E-state index contributed by atoms with van der Waals surface area (Å²) < 4.78 is 5.12. The van der Waals surface area contributed by atoms with Crippen LogP contribution in [0.4, 0.5) is 0 Å². The van der Waals surface area contributed by atoms with Crippen molar-refractivity contribution in [3.05, 3.63) is 0 Å². The van der Waals surface area contributed by atoms with Crippen LogP contribution in [0, 0.1) is 0 Å². The maximum Gasteiger partial charge on any atom is 0.332 e. The molecule has 1 saturated carbocycles. The molecule has 0 bridgehead atoms. The van der Waals surface area contributed by atoms with Crippen LogP contribution in [0.2, 0.25) is 0 Å². The third kappa shape index (κ3) is 3.66. The van der Waals surface area contributed by atoms with Crippen LogP contribution in [0.25, 0.3) is 0 Å². The van der Waals surface area contributed by atoms with Gasteiger partial charge in [-0.15, -0.1) is 0 Å². The van der Waals surface area contributed by atoms with Crippen molar-refractivity contribution >= 4 is 17.8 Å². The molecule has 1 aliphatic carbocycles. The fourth-order valence-corrected chi connectivity index (χ4v) is 1.94. The zero-order valence-electron chi connectivity index (χ0n) is 10.7. The summed E-state index contributed by atoms with van der Waals surface area (Å²) in [6.45, 7) is 1.60. The SMILES string of the molecule is CC(NC(=O)C1CCC(C(=O)O)O1)C(=O)NC1CC1. The first-order valence-corrected chi connectivity index (χ1v) is 6.46. The Kier molecular flexibility index (Phi) is 4.04. The van der Waals surface area contributed by atoms with Crippen molar-refractivity contribution < 1.29 is 24.2 Å². The highest BCUT2D eigenvalue weighted by atomic mass is 16.5. The number of carbonyl (C=O) groups excluding carboxylic acids is 2. The summed E-state index contributed by atoms with van der Waals surface area (Å²) in [6.07, 6.45) is 0.941. The number of rotatable bonds is 5. The lowest BCUT2D eigenvalue weighted by molar-refractivity contribution is -0.152. The van der Waals surface area contributed by atoms with E-state index in [0.717, 1.165) is 12.8 Å². The molecular weight excluding hydrogens is 252 g/mol. The molecule has 0 aromatic rings. The number of hydrogen-bond acceptors (Lipinski definition) is 4. The van der Waals surface area contributed by atoms with Crippen molar-refractivity contribution in [2.45, 2.75) is 56.9 Å². The van der Waals surface area contributed by atoms with Gasteiger partial charge in [0.25, 0.3) is 0 Å². The molecular formula is C12H18N2O5. The van der Waals surface area contributed by atoms with E-state index in [2.05, 4.69) is 10.6 Å². The highest BCUT2D eigenvalue weighted by molar-refractivity contribution is 5.89. The molecule has 0 aromatic heterocycles. The number of aliphatic carboxylic acids is 1. The van der Waals surface area contributed by atoms with Gasteiger partial charge in [-0.05, 0) is 32.6 Å². The van der Waals surface area contributed by atoms with Gasteiger partial charge in [0, 0.05) is 6.04 Å². The molecule has 1 heterocycles. The Balaban J connectivity index is 1.77. The molecule has 0 aromatic carbocycles. The lowest BCUT2D eigenvalue weighted by Crippen LogP contribution is -2.48. The molecule has 19 heavy (non-hydrogen) atoms. The van der Waals surface area contributed by atoms with Gasteiger partial charge in [-0.1, -0.05) is 0 Å². The molecule has 106 valence electrons. The minimum Gasteiger partial charge on any atom is -0.479 e. The molecule has 3 unspecified atom stereocenters. The van der Waals surface area contributed by atoms with Gasteiger partial charge in [0.05, 0.1) is 0 Å². The molecule has 2 rings (SSSR count). The Hall–Kier alpha value is -1.63. The zero-order valence-corrected chi connectivity index (χ0v) is 10.7. The number of nitrogens with one attached hydrogen (secondary N) is 2. The molecule has 7 heteroatoms. The maximum absolute atomic E-state index is 11.8. The van der Waals surface area contributed by atoms with E-state index in [4.69, 9.17) is 9.84 Å². The van der Waals surface area contributed by atoms with E-state index >= 15 is 0 Å². The number of carboxylic acids is 1. The molecule has 0 radical (unpaired) electrons. The average molecular weight is 270 g/mol. The third-order valence-corrected chi connectivity index (χ3v) is 3.26. The summed E-state index contributed by atoms with van der Waals surface area (Å²) in [6, 6.07) is -0.397. The highest BCUT2D eigenvalue weighted by Gasteiger charge is 2.36. The van der Waals surface area contributed by atoms with Crippen LogP contribution in [0.15, 0.2) is 0 Å².